The Kier molecular flexibility index (Phi) is 19.2. The van der Waals surface area contributed by atoms with E-state index >= 15 is 0 Å². The smallest absolute Gasteiger partial charge is 0.314 e. The first-order valence-corrected chi connectivity index (χ1v) is 31.4. The summed E-state index contributed by atoms with van der Waals surface area (Å²) >= 11 is 0. The molecule has 0 aromatic rings. The molecular formula is C60H96O28. The molecule has 3 saturated carbocycles. The molecule has 7 saturated heterocycles. The number of hydrogen-bond donors (Lipinski definition) is 14. The van der Waals surface area contributed by atoms with Gasteiger partial charge in [0.25, 0.3) is 0 Å². The van der Waals surface area contributed by atoms with E-state index in [0.717, 1.165) is 38.5 Å². The minimum absolute atomic E-state index is 0.00220. The average molecular weight is 1270 g/mol. The number of fused-ring (bicyclic) bond motifs is 4. The number of carbonyl (C=O) groups excluding carboxylic acids is 1. The van der Waals surface area contributed by atoms with Crippen LogP contribution in [0.1, 0.15) is 106 Å². The monoisotopic (exact) mass is 1260 g/mol. The first-order chi connectivity index (χ1) is 41.5. The van der Waals surface area contributed by atoms with Gasteiger partial charge in [0.1, 0.15) is 122 Å². The highest BCUT2D eigenvalue weighted by atomic mass is 16.8. The second-order valence-electron chi connectivity index (χ2n) is 28.6. The Hall–Kier alpha value is -1.83. The molecule has 88 heavy (non-hydrogen) atoms. The van der Waals surface area contributed by atoms with Crippen molar-refractivity contribution in [1.29, 1.82) is 0 Å². The van der Waals surface area contributed by atoms with Crippen LogP contribution < -0.4 is 0 Å². The summed E-state index contributed by atoms with van der Waals surface area (Å²) in [6, 6.07) is 0. The zero-order valence-electron chi connectivity index (χ0n) is 51.2. The van der Waals surface area contributed by atoms with Crippen molar-refractivity contribution in [1.82, 2.24) is 0 Å². The first-order valence-electron chi connectivity index (χ1n) is 31.4. The van der Waals surface area contributed by atoms with Crippen LogP contribution in [-0.2, 0) is 66.4 Å². The van der Waals surface area contributed by atoms with Crippen molar-refractivity contribution in [2.45, 2.75) is 277 Å². The largest absolute Gasteiger partial charge is 0.456 e. The second-order valence-corrected chi connectivity index (χ2v) is 28.6. The quantitative estimate of drug-likeness (QED) is 0.0407. The Labute approximate surface area is 510 Å². The summed E-state index contributed by atoms with van der Waals surface area (Å²) in [4.78, 5) is 14.7. The van der Waals surface area contributed by atoms with Crippen molar-refractivity contribution in [2.75, 3.05) is 40.1 Å². The molecule has 33 atom stereocenters. The van der Waals surface area contributed by atoms with Gasteiger partial charge in [-0.25, -0.2) is 0 Å². The van der Waals surface area contributed by atoms with Crippen LogP contribution in [0.25, 0.3) is 0 Å². The molecule has 7 heterocycles. The van der Waals surface area contributed by atoms with Gasteiger partial charge in [-0.2, -0.15) is 0 Å². The van der Waals surface area contributed by atoms with E-state index in [9.17, 15) is 76.3 Å². The summed E-state index contributed by atoms with van der Waals surface area (Å²) in [5.41, 5.74) is -1.66. The van der Waals surface area contributed by atoms with Crippen molar-refractivity contribution in [3.63, 3.8) is 0 Å². The SMILES string of the molecule is CO[C@@H]1[C@@H](O)[C@H](O[C@@H]2[C@@H](O)[C@H](O[C@H]3[C@H](O)[C@@H](O)[C@H](O[C@H]4[C@H](O[C@H]5CC[C@]6(C)C7=CC[C@]89C(=O)O[C@@](C)(C%10CCC(C)(C)O%10)[C@H]8CC[C@@]9(C)[C@@H]7CC[C@H]6C5(C)C)OC[C@@H](O[C@@H]5O[C@H](CO)[C@@H](O)[C@H](O)[C@H]5O)[C@@H]4O)O[C@@H]3CO)O[C@H](CO)[C@H]2O)O[C@H](CO)[C@H]1O. The molecular weight excluding hydrogens is 1170 g/mol. The van der Waals surface area contributed by atoms with Crippen LogP contribution in [0.3, 0.4) is 0 Å². The van der Waals surface area contributed by atoms with Crippen LogP contribution in [0.5, 0.6) is 0 Å². The molecule has 4 aliphatic carbocycles. The number of hydrogen-bond acceptors (Lipinski definition) is 28. The number of aliphatic hydroxyl groups excluding tert-OH is 14. The van der Waals surface area contributed by atoms with Crippen LogP contribution in [-0.4, -0.2) is 288 Å². The Bertz CT molecular complexity index is 2470. The highest BCUT2D eigenvalue weighted by Crippen LogP contribution is 2.76. The van der Waals surface area contributed by atoms with Crippen molar-refractivity contribution in [2.24, 2.45) is 39.4 Å². The number of carbonyl (C=O) groups is 1. The van der Waals surface area contributed by atoms with Crippen LogP contribution in [0.4, 0.5) is 0 Å². The van der Waals surface area contributed by atoms with Crippen molar-refractivity contribution in [3.05, 3.63) is 11.6 Å². The van der Waals surface area contributed by atoms with E-state index in [1.165, 1.54) is 12.7 Å². The molecule has 0 aromatic heterocycles. The number of aliphatic hydroxyl groups is 14. The van der Waals surface area contributed by atoms with Crippen molar-refractivity contribution >= 4 is 5.97 Å². The molecule has 14 N–H and O–H groups in total. The van der Waals surface area contributed by atoms with E-state index in [2.05, 4.69) is 54.5 Å². The Morgan fingerprint density at radius 2 is 1.07 bits per heavy atom. The predicted octanol–water partition coefficient (Wildman–Crippen LogP) is -3.38. The fraction of sp³-hybridized carbons (Fsp3) is 0.950. The lowest BCUT2D eigenvalue weighted by molar-refractivity contribution is -0.396. The summed E-state index contributed by atoms with van der Waals surface area (Å²) in [6.07, 6.45) is -33.1. The molecule has 0 amide bonds. The van der Waals surface area contributed by atoms with Crippen molar-refractivity contribution < 1.29 is 138 Å². The van der Waals surface area contributed by atoms with Gasteiger partial charge in [-0.3, -0.25) is 4.79 Å². The zero-order chi connectivity index (χ0) is 63.7. The molecule has 28 nitrogen and oxygen atoms in total. The molecule has 1 unspecified atom stereocenters. The lowest BCUT2D eigenvalue weighted by Gasteiger charge is -2.63. The van der Waals surface area contributed by atoms with E-state index in [4.69, 9.17) is 61.6 Å². The highest BCUT2D eigenvalue weighted by molar-refractivity contribution is 5.83. The number of ether oxygens (including phenoxy) is 13. The third kappa shape index (κ3) is 10.9. The molecule has 28 heteroatoms. The standard InChI is InChI=1S/C60H96O28/c1-55(2)15-13-34(87-55)59(7)32-12-17-58(6)25-9-10-31-56(3,4)33(14-16-57(31,5)24(25)11-18-60(32,58)54(75)88-59)83-53-48(38(68)30(23-77-53)82-49-41(71)39(69)35(65)26(19-61)78-49)86-50-42(72)40(70)45(29(22-64)81-50)84-52-44(74)47(37(67)28(21-63)80-52)85-51-43(73)46(76-8)36(66)27(20-62)79-51/h11,25-53,61-74H,9-10,12-23H2,1-8H3/t25-,26-,27-,28-,29-,30-,31+,32-,33+,34?,35-,36-,37-,38+,39+,40-,41-,42-,43-,44-,45-,46+,47+,48-,49+,50+,51+,52+,53+,57-,58+,59-,60-/m1/s1. The molecule has 11 rings (SSSR count). The lowest BCUT2D eigenvalue weighted by Crippen LogP contribution is -2.67. The molecule has 11 aliphatic rings. The second kappa shape index (κ2) is 25.1. The van der Waals surface area contributed by atoms with Crippen LogP contribution in [0.15, 0.2) is 11.6 Å². The number of esters is 1. The zero-order valence-corrected chi connectivity index (χ0v) is 51.2. The van der Waals surface area contributed by atoms with E-state index in [-0.39, 0.29) is 46.3 Å². The Morgan fingerprint density at radius 1 is 0.511 bits per heavy atom. The van der Waals surface area contributed by atoms with E-state index in [1.54, 1.807) is 0 Å². The van der Waals surface area contributed by atoms with E-state index in [0.29, 0.717) is 19.3 Å². The van der Waals surface area contributed by atoms with Gasteiger partial charge >= 0.3 is 5.97 Å². The predicted molar refractivity (Wildman–Crippen MR) is 294 cm³/mol. The van der Waals surface area contributed by atoms with Gasteiger partial charge in [-0.1, -0.05) is 39.3 Å². The molecule has 0 bridgehead atoms. The maximum Gasteiger partial charge on any atom is 0.314 e. The van der Waals surface area contributed by atoms with Gasteiger partial charge in [0.05, 0.1) is 56.3 Å². The van der Waals surface area contributed by atoms with E-state index in [1.807, 2.05) is 0 Å². The number of cyclic esters (lactones) is 1. The Balaban J connectivity index is 0.819. The summed E-state index contributed by atoms with van der Waals surface area (Å²) in [6.45, 7) is 11.3. The van der Waals surface area contributed by atoms with Crippen molar-refractivity contribution in [3.8, 4) is 0 Å². The summed E-state index contributed by atoms with van der Waals surface area (Å²) in [5.74, 6) is 0.0327. The number of allylic oxidation sites excluding steroid dienone is 2. The minimum atomic E-state index is -2.11. The van der Waals surface area contributed by atoms with E-state index < -0.39 is 203 Å². The molecule has 0 aromatic carbocycles. The Morgan fingerprint density at radius 3 is 1.68 bits per heavy atom. The average Bonchev–Trinajstić information content (AvgIpc) is 1.45. The fourth-order valence-electron chi connectivity index (χ4n) is 18.2. The minimum Gasteiger partial charge on any atom is -0.456 e. The number of methoxy groups -OCH3 is 1. The van der Waals surface area contributed by atoms with Crippen LogP contribution in [0.2, 0.25) is 0 Å². The third-order valence-electron chi connectivity index (χ3n) is 23.1. The fourth-order valence-corrected chi connectivity index (χ4v) is 18.2. The van der Waals surface area contributed by atoms with Crippen LogP contribution in [0, 0.1) is 39.4 Å². The topological polar surface area (TPSA) is 420 Å². The first kappa shape index (κ1) is 67.6. The van der Waals surface area contributed by atoms with Gasteiger partial charge in [0.2, 0.25) is 0 Å². The maximum atomic E-state index is 14.7. The normalized spacial score (nSPS) is 54.2. The van der Waals surface area contributed by atoms with Gasteiger partial charge in [0, 0.05) is 13.0 Å². The molecule has 504 valence electrons. The third-order valence-corrected chi connectivity index (χ3v) is 23.1. The summed E-state index contributed by atoms with van der Waals surface area (Å²) in [7, 11) is 1.18. The highest BCUT2D eigenvalue weighted by Gasteiger charge is 2.78. The molecule has 10 fully saturated rings. The molecule has 7 aliphatic heterocycles. The molecule has 1 spiro atoms. The maximum absolute atomic E-state index is 14.7. The lowest BCUT2D eigenvalue weighted by atomic mass is 9.41. The van der Waals surface area contributed by atoms with Gasteiger partial charge in [-0.15, -0.1) is 0 Å². The van der Waals surface area contributed by atoms with Gasteiger partial charge in [0.15, 0.2) is 31.5 Å². The van der Waals surface area contributed by atoms with Gasteiger partial charge < -0.3 is 133 Å². The summed E-state index contributed by atoms with van der Waals surface area (Å²) < 4.78 is 78.9. The summed E-state index contributed by atoms with van der Waals surface area (Å²) in [5, 5.41) is 154. The molecule has 0 radical (unpaired) electrons. The number of rotatable bonds is 16. The van der Waals surface area contributed by atoms with Crippen LogP contribution >= 0.6 is 0 Å². The van der Waals surface area contributed by atoms with Gasteiger partial charge in [-0.05, 0) is 107 Å².